The highest BCUT2D eigenvalue weighted by molar-refractivity contribution is 5.87. The van der Waals surface area contributed by atoms with Crippen molar-refractivity contribution in [2.45, 2.75) is 49.7 Å². The molecule has 2 aliphatic carbocycles. The summed E-state index contributed by atoms with van der Waals surface area (Å²) in [4.78, 5) is 15.9. The van der Waals surface area contributed by atoms with E-state index in [0.717, 1.165) is 37.6 Å². The van der Waals surface area contributed by atoms with Crippen LogP contribution in [0, 0.1) is 17.8 Å². The van der Waals surface area contributed by atoms with Crippen molar-refractivity contribution >= 4 is 5.91 Å². The number of nitrogens with zero attached hydrogens (tertiary/aromatic N) is 1. The molecule has 2 N–H and O–H groups in total. The minimum absolute atomic E-state index is 0.0152. The van der Waals surface area contributed by atoms with Crippen molar-refractivity contribution in [2.75, 3.05) is 26.4 Å². The van der Waals surface area contributed by atoms with Crippen LogP contribution >= 0.6 is 0 Å². The highest BCUT2D eigenvalue weighted by Gasteiger charge is 2.59. The third kappa shape index (κ3) is 4.34. The van der Waals surface area contributed by atoms with Crippen LogP contribution in [0.3, 0.4) is 0 Å². The van der Waals surface area contributed by atoms with Gasteiger partial charge in [0, 0.05) is 44.4 Å². The maximum Gasteiger partial charge on any atom is 0.257 e. The number of carbonyl (C=O) groups excluding carboxylic acids is 1. The van der Waals surface area contributed by atoms with Gasteiger partial charge in [0.1, 0.15) is 0 Å². The molecule has 0 bridgehead atoms. The van der Waals surface area contributed by atoms with Gasteiger partial charge in [0.25, 0.3) is 5.91 Å². The molecule has 0 radical (unpaired) electrons. The number of benzene rings is 2. The summed E-state index contributed by atoms with van der Waals surface area (Å²) >= 11 is 0. The molecule has 0 spiro atoms. The minimum Gasteiger partial charge on any atom is -0.454 e. The van der Waals surface area contributed by atoms with Crippen LogP contribution in [-0.4, -0.2) is 54.3 Å². The second kappa shape index (κ2) is 8.99. The SMILES string of the molecule is O=C(NC1[C@H]2CN(CCc3ccc4c(c3)OCO4)C[C@@H]12)C(O)(c1ccccc1)C1CCCC(F)(F)C1. The normalized spacial score (nSPS) is 29.9. The summed E-state index contributed by atoms with van der Waals surface area (Å²) in [5.41, 5.74) is -0.371. The van der Waals surface area contributed by atoms with Gasteiger partial charge in [0.2, 0.25) is 12.7 Å². The average Bonchev–Trinajstić information content (AvgIpc) is 3.23. The summed E-state index contributed by atoms with van der Waals surface area (Å²) in [5.74, 6) is -1.98. The topological polar surface area (TPSA) is 71.0 Å². The lowest BCUT2D eigenvalue weighted by atomic mass is 9.71. The molecule has 2 aliphatic heterocycles. The number of ether oxygens (including phenoxy) is 2. The number of piperidine rings is 1. The molecule has 5 atom stereocenters. The van der Waals surface area contributed by atoms with Gasteiger partial charge in [-0.1, -0.05) is 36.4 Å². The Morgan fingerprint density at radius 3 is 2.61 bits per heavy atom. The van der Waals surface area contributed by atoms with E-state index in [9.17, 15) is 18.7 Å². The predicted molar refractivity (Wildman–Crippen MR) is 129 cm³/mol. The zero-order chi connectivity index (χ0) is 24.9. The Morgan fingerprint density at radius 2 is 1.86 bits per heavy atom. The molecule has 8 heteroatoms. The van der Waals surface area contributed by atoms with Gasteiger partial charge < -0.3 is 24.8 Å². The van der Waals surface area contributed by atoms with E-state index in [1.54, 1.807) is 30.3 Å². The van der Waals surface area contributed by atoms with E-state index in [4.69, 9.17) is 9.47 Å². The number of carbonyl (C=O) groups is 1. The van der Waals surface area contributed by atoms with Crippen molar-refractivity contribution in [1.82, 2.24) is 10.2 Å². The van der Waals surface area contributed by atoms with Crippen LogP contribution in [0.1, 0.15) is 36.8 Å². The van der Waals surface area contributed by atoms with Crippen molar-refractivity contribution in [1.29, 1.82) is 0 Å². The van der Waals surface area contributed by atoms with Crippen LogP contribution in [0.15, 0.2) is 48.5 Å². The highest BCUT2D eigenvalue weighted by Crippen LogP contribution is 2.48. The van der Waals surface area contributed by atoms with Gasteiger partial charge in [-0.25, -0.2) is 8.78 Å². The fraction of sp³-hybridized carbons (Fsp3) is 0.536. The molecule has 1 amide bonds. The van der Waals surface area contributed by atoms with Crippen LogP contribution in [0.2, 0.25) is 0 Å². The highest BCUT2D eigenvalue weighted by atomic mass is 19.3. The van der Waals surface area contributed by atoms with Gasteiger partial charge in [-0.3, -0.25) is 4.79 Å². The monoisotopic (exact) mass is 498 g/mol. The number of fused-ring (bicyclic) bond motifs is 2. The van der Waals surface area contributed by atoms with Gasteiger partial charge in [-0.15, -0.1) is 0 Å². The van der Waals surface area contributed by atoms with E-state index >= 15 is 0 Å². The number of nitrogens with one attached hydrogen (secondary N) is 1. The Bertz CT molecular complexity index is 1120. The van der Waals surface area contributed by atoms with Crippen LogP contribution in [-0.2, 0) is 16.8 Å². The predicted octanol–water partition coefficient (Wildman–Crippen LogP) is 3.72. The largest absolute Gasteiger partial charge is 0.454 e. The maximum absolute atomic E-state index is 14.3. The Hall–Kier alpha value is -2.71. The smallest absolute Gasteiger partial charge is 0.257 e. The maximum atomic E-state index is 14.3. The second-order valence-electron chi connectivity index (χ2n) is 10.8. The Morgan fingerprint density at radius 1 is 1.11 bits per heavy atom. The molecule has 36 heavy (non-hydrogen) atoms. The first-order valence-corrected chi connectivity index (χ1v) is 12.9. The van der Waals surface area contributed by atoms with Crippen LogP contribution in [0.4, 0.5) is 8.78 Å². The lowest BCUT2D eigenvalue weighted by Gasteiger charge is -2.40. The fourth-order valence-electron chi connectivity index (χ4n) is 6.43. The standard InChI is InChI=1S/C28H32F2N2O4/c29-27(30)11-4-7-20(14-27)28(34,19-5-2-1-3-6-19)26(33)31-25-21-15-32(16-22(21)25)12-10-18-8-9-23-24(13-18)36-17-35-23/h1-3,5-6,8-9,13,20-22,25,34H,4,7,10-12,14-17H2,(H,31,33)/t20?,21-,22+,25?,28?. The zero-order valence-electron chi connectivity index (χ0n) is 20.2. The molecule has 2 aromatic carbocycles. The number of alkyl halides is 2. The van der Waals surface area contributed by atoms with E-state index in [0.29, 0.717) is 30.2 Å². The first-order chi connectivity index (χ1) is 17.3. The Labute approximate surface area is 209 Å². The molecule has 2 heterocycles. The molecule has 2 aromatic rings. The summed E-state index contributed by atoms with van der Waals surface area (Å²) in [5, 5.41) is 14.8. The lowest BCUT2D eigenvalue weighted by molar-refractivity contribution is -0.158. The third-order valence-corrected chi connectivity index (χ3v) is 8.51. The molecule has 1 saturated heterocycles. The van der Waals surface area contributed by atoms with Gasteiger partial charge >= 0.3 is 0 Å². The Kier molecular flexibility index (Phi) is 5.91. The van der Waals surface area contributed by atoms with Crippen molar-refractivity contribution in [3.63, 3.8) is 0 Å². The quantitative estimate of drug-likeness (QED) is 0.609. The van der Waals surface area contributed by atoms with E-state index in [2.05, 4.69) is 16.3 Å². The van der Waals surface area contributed by atoms with E-state index in [1.165, 1.54) is 5.56 Å². The van der Waals surface area contributed by atoms with Crippen molar-refractivity contribution < 1.29 is 28.2 Å². The number of rotatable bonds is 7. The summed E-state index contributed by atoms with van der Waals surface area (Å²) < 4.78 is 39.4. The molecule has 6 nitrogen and oxygen atoms in total. The molecule has 192 valence electrons. The molecular formula is C28H32F2N2O4. The van der Waals surface area contributed by atoms with Gasteiger partial charge in [-0.2, -0.15) is 0 Å². The molecule has 3 unspecified atom stereocenters. The van der Waals surface area contributed by atoms with Crippen molar-refractivity contribution in [3.05, 3.63) is 59.7 Å². The summed E-state index contributed by atoms with van der Waals surface area (Å²) in [6.45, 7) is 2.94. The molecule has 4 aliphatic rings. The molecule has 0 aromatic heterocycles. The number of halogens is 2. The van der Waals surface area contributed by atoms with E-state index < -0.39 is 29.8 Å². The van der Waals surface area contributed by atoms with Gasteiger partial charge in [-0.05, 0) is 54.4 Å². The number of aliphatic hydroxyl groups is 1. The first kappa shape index (κ1) is 23.7. The average molecular weight is 499 g/mol. The number of likely N-dealkylation sites (tertiary alicyclic amines) is 1. The zero-order valence-corrected chi connectivity index (χ0v) is 20.2. The molecule has 2 saturated carbocycles. The molecular weight excluding hydrogens is 466 g/mol. The van der Waals surface area contributed by atoms with Crippen LogP contribution < -0.4 is 14.8 Å². The lowest BCUT2D eigenvalue weighted by Crippen LogP contribution is -2.53. The Balaban J connectivity index is 1.07. The fourth-order valence-corrected chi connectivity index (χ4v) is 6.43. The minimum atomic E-state index is -2.86. The molecule has 3 fully saturated rings. The summed E-state index contributed by atoms with van der Waals surface area (Å²) in [7, 11) is 0. The second-order valence-corrected chi connectivity index (χ2v) is 10.8. The number of amides is 1. The third-order valence-electron chi connectivity index (χ3n) is 8.51. The number of hydrogen-bond donors (Lipinski definition) is 2. The van der Waals surface area contributed by atoms with Crippen molar-refractivity contribution in [3.8, 4) is 11.5 Å². The summed E-state index contributed by atoms with van der Waals surface area (Å²) in [6, 6.07) is 14.6. The van der Waals surface area contributed by atoms with Crippen LogP contribution in [0.25, 0.3) is 0 Å². The van der Waals surface area contributed by atoms with E-state index in [-0.39, 0.29) is 19.3 Å². The first-order valence-electron chi connectivity index (χ1n) is 12.9. The summed E-state index contributed by atoms with van der Waals surface area (Å²) in [6.07, 6.45) is 0.936. The molecule has 6 rings (SSSR count). The van der Waals surface area contributed by atoms with Crippen LogP contribution in [0.5, 0.6) is 11.5 Å². The van der Waals surface area contributed by atoms with E-state index in [1.807, 2.05) is 12.1 Å². The van der Waals surface area contributed by atoms with Gasteiger partial charge in [0.15, 0.2) is 17.1 Å². The van der Waals surface area contributed by atoms with Gasteiger partial charge in [0.05, 0.1) is 0 Å². The van der Waals surface area contributed by atoms with Crippen molar-refractivity contribution in [2.24, 2.45) is 17.8 Å². The number of hydrogen-bond acceptors (Lipinski definition) is 5.